The van der Waals surface area contributed by atoms with Crippen molar-refractivity contribution >= 4 is 15.8 Å². The molecule has 1 aliphatic carbocycles. The van der Waals surface area contributed by atoms with Crippen LogP contribution in [-0.4, -0.2) is 30.3 Å². The Balaban J connectivity index is 1.93. The maximum atomic E-state index is 13.0. The molecule has 1 saturated carbocycles. The number of rotatable bonds is 4. The summed E-state index contributed by atoms with van der Waals surface area (Å²) in [6.45, 7) is 0.600. The first-order valence-electron chi connectivity index (χ1n) is 7.58. The SMILES string of the molecule is NNc1ncccc1S(=O)(=O)N1CCCC1C1CCCC1. The summed E-state index contributed by atoms with van der Waals surface area (Å²) in [5.74, 6) is 6.13. The summed E-state index contributed by atoms with van der Waals surface area (Å²) in [4.78, 5) is 4.19. The first-order chi connectivity index (χ1) is 10.1. The number of aromatic nitrogens is 1. The molecule has 3 rings (SSSR count). The average Bonchev–Trinajstić information content (AvgIpc) is 3.17. The van der Waals surface area contributed by atoms with Gasteiger partial charge in [-0.05, 0) is 43.7 Å². The lowest BCUT2D eigenvalue weighted by atomic mass is 9.97. The van der Waals surface area contributed by atoms with E-state index in [4.69, 9.17) is 5.84 Å². The molecule has 2 heterocycles. The van der Waals surface area contributed by atoms with Gasteiger partial charge in [0.25, 0.3) is 0 Å². The zero-order chi connectivity index (χ0) is 14.9. The molecule has 1 saturated heterocycles. The Kier molecular flexibility index (Phi) is 4.14. The van der Waals surface area contributed by atoms with Crippen LogP contribution in [0.15, 0.2) is 23.2 Å². The van der Waals surface area contributed by atoms with Crippen LogP contribution in [0, 0.1) is 5.92 Å². The van der Waals surface area contributed by atoms with Gasteiger partial charge in [0, 0.05) is 18.8 Å². The van der Waals surface area contributed by atoms with E-state index in [0.717, 1.165) is 25.7 Å². The fraction of sp³-hybridized carbons (Fsp3) is 0.643. The lowest BCUT2D eigenvalue weighted by Gasteiger charge is -2.29. The molecule has 0 aromatic carbocycles. The van der Waals surface area contributed by atoms with Crippen LogP contribution in [-0.2, 0) is 10.0 Å². The fourth-order valence-corrected chi connectivity index (χ4v) is 5.57. The predicted molar refractivity (Wildman–Crippen MR) is 80.9 cm³/mol. The number of anilines is 1. The van der Waals surface area contributed by atoms with E-state index in [1.165, 1.54) is 19.0 Å². The van der Waals surface area contributed by atoms with Gasteiger partial charge in [0.05, 0.1) is 0 Å². The molecule has 0 spiro atoms. The van der Waals surface area contributed by atoms with Gasteiger partial charge in [-0.3, -0.25) is 0 Å². The van der Waals surface area contributed by atoms with E-state index in [9.17, 15) is 8.42 Å². The molecule has 1 unspecified atom stereocenters. The van der Waals surface area contributed by atoms with Gasteiger partial charge in [-0.1, -0.05) is 12.8 Å². The van der Waals surface area contributed by atoms with E-state index in [1.807, 2.05) is 0 Å². The second-order valence-electron chi connectivity index (χ2n) is 5.86. The summed E-state index contributed by atoms with van der Waals surface area (Å²) in [5, 5.41) is 0. The smallest absolute Gasteiger partial charge is 0.247 e. The van der Waals surface area contributed by atoms with Crippen molar-refractivity contribution in [2.75, 3.05) is 12.0 Å². The Morgan fingerprint density at radius 1 is 1.24 bits per heavy atom. The van der Waals surface area contributed by atoms with Crippen LogP contribution in [0.4, 0.5) is 5.82 Å². The first-order valence-corrected chi connectivity index (χ1v) is 9.02. The van der Waals surface area contributed by atoms with Crippen LogP contribution in [0.2, 0.25) is 0 Å². The Hall–Kier alpha value is -1.18. The largest absolute Gasteiger partial charge is 0.307 e. The minimum Gasteiger partial charge on any atom is -0.307 e. The first kappa shape index (κ1) is 14.7. The van der Waals surface area contributed by atoms with Crippen LogP contribution < -0.4 is 11.3 Å². The molecule has 6 nitrogen and oxygen atoms in total. The van der Waals surface area contributed by atoms with Crippen LogP contribution >= 0.6 is 0 Å². The van der Waals surface area contributed by atoms with E-state index < -0.39 is 10.0 Å². The Labute approximate surface area is 125 Å². The molecule has 1 atom stereocenters. The van der Waals surface area contributed by atoms with Crippen molar-refractivity contribution in [1.29, 1.82) is 0 Å². The summed E-state index contributed by atoms with van der Waals surface area (Å²) < 4.78 is 27.6. The topological polar surface area (TPSA) is 88.3 Å². The van der Waals surface area contributed by atoms with Gasteiger partial charge >= 0.3 is 0 Å². The van der Waals surface area contributed by atoms with Gasteiger partial charge in [0.1, 0.15) is 4.90 Å². The summed E-state index contributed by atoms with van der Waals surface area (Å²) >= 11 is 0. The third kappa shape index (κ3) is 2.65. The number of nitrogens with two attached hydrogens (primary N) is 1. The lowest BCUT2D eigenvalue weighted by molar-refractivity contribution is 0.288. The minimum atomic E-state index is -3.54. The molecule has 3 N–H and O–H groups in total. The molecule has 2 fully saturated rings. The van der Waals surface area contributed by atoms with Gasteiger partial charge < -0.3 is 5.43 Å². The van der Waals surface area contributed by atoms with Gasteiger partial charge in [-0.15, -0.1) is 0 Å². The van der Waals surface area contributed by atoms with Gasteiger partial charge in [-0.25, -0.2) is 19.2 Å². The average molecular weight is 310 g/mol. The highest BCUT2D eigenvalue weighted by Crippen LogP contribution is 2.38. The number of nitrogen functional groups attached to an aromatic ring is 1. The Morgan fingerprint density at radius 2 is 2.00 bits per heavy atom. The van der Waals surface area contributed by atoms with Crippen molar-refractivity contribution < 1.29 is 8.42 Å². The molecule has 21 heavy (non-hydrogen) atoms. The molecule has 116 valence electrons. The normalized spacial score (nSPS) is 24.5. The van der Waals surface area contributed by atoms with Crippen LogP contribution in [0.3, 0.4) is 0 Å². The van der Waals surface area contributed by atoms with Crippen molar-refractivity contribution in [1.82, 2.24) is 9.29 Å². The summed E-state index contributed by atoms with van der Waals surface area (Å²) in [7, 11) is -3.54. The molecular formula is C14H22N4O2S. The molecule has 2 aliphatic rings. The van der Waals surface area contributed by atoms with Crippen LogP contribution in [0.5, 0.6) is 0 Å². The molecule has 0 bridgehead atoms. The fourth-order valence-electron chi connectivity index (χ4n) is 3.71. The summed E-state index contributed by atoms with van der Waals surface area (Å²) in [6, 6.07) is 3.35. The van der Waals surface area contributed by atoms with E-state index in [0.29, 0.717) is 12.5 Å². The second-order valence-corrected chi connectivity index (χ2v) is 7.72. The number of hydrazine groups is 1. The van der Waals surface area contributed by atoms with E-state index in [1.54, 1.807) is 16.4 Å². The third-order valence-electron chi connectivity index (χ3n) is 4.69. The zero-order valence-corrected chi connectivity index (χ0v) is 12.8. The van der Waals surface area contributed by atoms with Crippen LogP contribution in [0.25, 0.3) is 0 Å². The van der Waals surface area contributed by atoms with Gasteiger partial charge in [-0.2, -0.15) is 4.31 Å². The number of hydrogen-bond donors (Lipinski definition) is 2. The molecule has 1 aromatic heterocycles. The summed E-state index contributed by atoms with van der Waals surface area (Å²) in [6.07, 6.45) is 8.17. The molecule has 1 aromatic rings. The third-order valence-corrected chi connectivity index (χ3v) is 6.64. The highest BCUT2D eigenvalue weighted by molar-refractivity contribution is 7.89. The van der Waals surface area contributed by atoms with Crippen molar-refractivity contribution in [3.8, 4) is 0 Å². The van der Waals surface area contributed by atoms with Gasteiger partial charge in [0.2, 0.25) is 10.0 Å². The maximum absolute atomic E-state index is 13.0. The lowest BCUT2D eigenvalue weighted by Crippen LogP contribution is -2.39. The number of nitrogens with one attached hydrogen (secondary N) is 1. The number of pyridine rings is 1. The number of nitrogens with zero attached hydrogens (tertiary/aromatic N) is 2. The number of hydrogen-bond acceptors (Lipinski definition) is 5. The quantitative estimate of drug-likeness (QED) is 0.653. The standard InChI is InChI=1S/C14H22N4O2S/c15-17-14-13(8-3-9-16-14)21(19,20)18-10-4-7-12(18)11-5-1-2-6-11/h3,8-9,11-12H,1-2,4-7,10,15H2,(H,16,17). The van der Waals surface area contributed by atoms with Gasteiger partial charge in [0.15, 0.2) is 5.82 Å². The van der Waals surface area contributed by atoms with E-state index in [2.05, 4.69) is 10.4 Å². The van der Waals surface area contributed by atoms with Crippen molar-refractivity contribution in [2.24, 2.45) is 11.8 Å². The summed E-state index contributed by atoms with van der Waals surface area (Å²) in [5.41, 5.74) is 2.39. The van der Waals surface area contributed by atoms with Crippen molar-refractivity contribution in [3.05, 3.63) is 18.3 Å². The molecule has 0 amide bonds. The molecule has 7 heteroatoms. The van der Waals surface area contributed by atoms with Crippen LogP contribution in [0.1, 0.15) is 38.5 Å². The predicted octanol–water partition coefficient (Wildman–Crippen LogP) is 1.71. The minimum absolute atomic E-state index is 0.142. The number of sulfonamides is 1. The second kappa shape index (κ2) is 5.90. The van der Waals surface area contributed by atoms with E-state index in [-0.39, 0.29) is 16.8 Å². The maximum Gasteiger partial charge on any atom is 0.247 e. The molecule has 0 radical (unpaired) electrons. The Bertz CT molecular complexity index is 599. The highest BCUT2D eigenvalue weighted by atomic mass is 32.2. The molecule has 1 aliphatic heterocycles. The van der Waals surface area contributed by atoms with E-state index >= 15 is 0 Å². The zero-order valence-electron chi connectivity index (χ0n) is 12.0. The monoisotopic (exact) mass is 310 g/mol. The van der Waals surface area contributed by atoms with Crippen molar-refractivity contribution in [3.63, 3.8) is 0 Å². The Morgan fingerprint density at radius 3 is 2.71 bits per heavy atom. The highest BCUT2D eigenvalue weighted by Gasteiger charge is 2.41. The molecular weight excluding hydrogens is 288 g/mol. The van der Waals surface area contributed by atoms with Crippen molar-refractivity contribution in [2.45, 2.75) is 49.5 Å².